The van der Waals surface area contributed by atoms with Crippen LogP contribution in [0.15, 0.2) is 71.7 Å². The van der Waals surface area contributed by atoms with Gasteiger partial charge in [-0.15, -0.1) is 11.3 Å². The minimum atomic E-state index is 0.551. The lowest BCUT2D eigenvalue weighted by Crippen LogP contribution is -1.88. The molecule has 134 valence electrons. The predicted octanol–water partition coefficient (Wildman–Crippen LogP) is 7.15. The Labute approximate surface area is 164 Å². The van der Waals surface area contributed by atoms with E-state index >= 15 is 0 Å². The number of benzene rings is 3. The van der Waals surface area contributed by atoms with Crippen molar-refractivity contribution in [2.75, 3.05) is 0 Å². The van der Waals surface area contributed by atoms with E-state index < -0.39 is 0 Å². The SMILES string of the molecule is Cc1ccc2nc(-c3ccc(N=Cc4ccc(C(C)C)cc4)cc3)sc2c1. The topological polar surface area (TPSA) is 25.2 Å². The summed E-state index contributed by atoms with van der Waals surface area (Å²) in [6, 6.07) is 23.3. The number of fused-ring (bicyclic) bond motifs is 1. The van der Waals surface area contributed by atoms with Gasteiger partial charge in [0.05, 0.1) is 15.9 Å². The van der Waals surface area contributed by atoms with Gasteiger partial charge in [0.1, 0.15) is 5.01 Å². The molecule has 0 amide bonds. The van der Waals surface area contributed by atoms with Crippen LogP contribution in [0.5, 0.6) is 0 Å². The molecule has 0 aliphatic carbocycles. The maximum Gasteiger partial charge on any atom is 0.124 e. The van der Waals surface area contributed by atoms with Crippen LogP contribution in [0.1, 0.15) is 36.5 Å². The summed E-state index contributed by atoms with van der Waals surface area (Å²) in [6.07, 6.45) is 1.92. The predicted molar refractivity (Wildman–Crippen MR) is 118 cm³/mol. The molecular formula is C24H22N2S. The Kier molecular flexibility index (Phi) is 4.87. The number of hydrogen-bond acceptors (Lipinski definition) is 3. The second-order valence-corrected chi connectivity index (χ2v) is 8.15. The van der Waals surface area contributed by atoms with E-state index in [4.69, 9.17) is 4.98 Å². The van der Waals surface area contributed by atoms with Gasteiger partial charge in [-0.05, 0) is 65.9 Å². The lowest BCUT2D eigenvalue weighted by Gasteiger charge is -2.04. The molecule has 27 heavy (non-hydrogen) atoms. The van der Waals surface area contributed by atoms with Crippen molar-refractivity contribution in [3.8, 4) is 10.6 Å². The van der Waals surface area contributed by atoms with E-state index in [0.29, 0.717) is 5.92 Å². The Morgan fingerprint density at radius 2 is 1.67 bits per heavy atom. The fraction of sp³-hybridized carbons (Fsp3) is 0.167. The maximum atomic E-state index is 4.75. The zero-order valence-corrected chi connectivity index (χ0v) is 16.6. The van der Waals surface area contributed by atoms with E-state index in [9.17, 15) is 0 Å². The standard InChI is InChI=1S/C24H22N2S/c1-16(2)19-7-5-18(6-8-19)15-25-21-11-9-20(10-12-21)24-26-22-13-4-17(3)14-23(22)27-24/h4-16H,1-3H3. The molecule has 3 heteroatoms. The molecule has 2 nitrogen and oxygen atoms in total. The average molecular weight is 371 g/mol. The molecule has 4 rings (SSSR count). The third-order valence-corrected chi connectivity index (χ3v) is 5.69. The summed E-state index contributed by atoms with van der Waals surface area (Å²) in [7, 11) is 0. The van der Waals surface area contributed by atoms with Gasteiger partial charge in [0.2, 0.25) is 0 Å². The van der Waals surface area contributed by atoms with Gasteiger partial charge in [0.15, 0.2) is 0 Å². The lowest BCUT2D eigenvalue weighted by molar-refractivity contribution is 0.866. The summed E-state index contributed by atoms with van der Waals surface area (Å²) < 4.78 is 1.23. The first-order chi connectivity index (χ1) is 13.1. The van der Waals surface area contributed by atoms with Gasteiger partial charge in [0, 0.05) is 11.8 Å². The second kappa shape index (κ2) is 7.45. The van der Waals surface area contributed by atoms with E-state index in [-0.39, 0.29) is 0 Å². The van der Waals surface area contributed by atoms with Crippen LogP contribution in [-0.2, 0) is 0 Å². The maximum absolute atomic E-state index is 4.75. The van der Waals surface area contributed by atoms with Crippen molar-refractivity contribution in [1.82, 2.24) is 4.98 Å². The van der Waals surface area contributed by atoms with Crippen LogP contribution in [0.25, 0.3) is 20.8 Å². The number of aryl methyl sites for hydroxylation is 1. The Balaban J connectivity index is 1.52. The van der Waals surface area contributed by atoms with Gasteiger partial charge < -0.3 is 0 Å². The monoisotopic (exact) mass is 370 g/mol. The zero-order chi connectivity index (χ0) is 18.8. The summed E-state index contributed by atoms with van der Waals surface area (Å²) in [5, 5.41) is 1.05. The highest BCUT2D eigenvalue weighted by Crippen LogP contribution is 2.31. The summed E-state index contributed by atoms with van der Waals surface area (Å²) in [5.74, 6) is 0.551. The van der Waals surface area contributed by atoms with E-state index in [1.165, 1.54) is 15.8 Å². The van der Waals surface area contributed by atoms with Crippen molar-refractivity contribution in [2.45, 2.75) is 26.7 Å². The van der Waals surface area contributed by atoms with E-state index in [1.807, 2.05) is 18.3 Å². The molecule has 0 unspecified atom stereocenters. The van der Waals surface area contributed by atoms with Crippen LogP contribution in [0.3, 0.4) is 0 Å². The third kappa shape index (κ3) is 3.99. The molecule has 0 radical (unpaired) electrons. The Bertz CT molecular complexity index is 1090. The Morgan fingerprint density at radius 3 is 2.37 bits per heavy atom. The van der Waals surface area contributed by atoms with Crippen LogP contribution >= 0.6 is 11.3 Å². The summed E-state index contributed by atoms with van der Waals surface area (Å²) in [4.78, 5) is 9.35. The van der Waals surface area contributed by atoms with Crippen molar-refractivity contribution in [3.63, 3.8) is 0 Å². The number of rotatable bonds is 4. The Morgan fingerprint density at radius 1 is 0.926 bits per heavy atom. The van der Waals surface area contributed by atoms with Gasteiger partial charge >= 0.3 is 0 Å². The Hall–Kier alpha value is -2.78. The first-order valence-corrected chi connectivity index (χ1v) is 10.0. The largest absolute Gasteiger partial charge is 0.256 e. The highest BCUT2D eigenvalue weighted by molar-refractivity contribution is 7.21. The molecule has 0 spiro atoms. The molecule has 1 heterocycles. The fourth-order valence-electron chi connectivity index (χ4n) is 2.96. The average Bonchev–Trinajstić information content (AvgIpc) is 3.10. The number of hydrogen-bond donors (Lipinski definition) is 0. The van der Waals surface area contributed by atoms with Crippen LogP contribution in [-0.4, -0.2) is 11.2 Å². The molecule has 0 aliphatic rings. The molecule has 0 saturated carbocycles. The number of aliphatic imine (C=N–C) groups is 1. The van der Waals surface area contributed by atoms with Gasteiger partial charge in [-0.25, -0.2) is 4.98 Å². The van der Waals surface area contributed by atoms with Crippen LogP contribution in [0, 0.1) is 6.92 Å². The minimum absolute atomic E-state index is 0.551. The molecule has 0 bridgehead atoms. The number of thiazole rings is 1. The third-order valence-electron chi connectivity index (χ3n) is 4.62. The summed E-state index contributed by atoms with van der Waals surface area (Å²) in [5.41, 5.74) is 6.88. The van der Waals surface area contributed by atoms with Gasteiger partial charge in [-0.3, -0.25) is 4.99 Å². The summed E-state index contributed by atoms with van der Waals surface area (Å²) >= 11 is 1.73. The van der Waals surface area contributed by atoms with Gasteiger partial charge in [-0.2, -0.15) is 0 Å². The van der Waals surface area contributed by atoms with E-state index in [2.05, 4.69) is 80.4 Å². The van der Waals surface area contributed by atoms with Gasteiger partial charge in [0.25, 0.3) is 0 Å². The quantitative estimate of drug-likeness (QED) is 0.350. The molecule has 0 saturated heterocycles. The van der Waals surface area contributed by atoms with Crippen LogP contribution in [0.4, 0.5) is 5.69 Å². The molecule has 0 fully saturated rings. The van der Waals surface area contributed by atoms with Crippen molar-refractivity contribution in [2.24, 2.45) is 4.99 Å². The molecular weight excluding hydrogens is 348 g/mol. The van der Waals surface area contributed by atoms with Gasteiger partial charge in [-0.1, -0.05) is 44.2 Å². The highest BCUT2D eigenvalue weighted by atomic mass is 32.1. The lowest BCUT2D eigenvalue weighted by atomic mass is 10.0. The normalized spacial score (nSPS) is 11.7. The molecule has 1 aromatic heterocycles. The van der Waals surface area contributed by atoms with Crippen molar-refractivity contribution in [1.29, 1.82) is 0 Å². The highest BCUT2D eigenvalue weighted by Gasteiger charge is 2.06. The zero-order valence-electron chi connectivity index (χ0n) is 15.8. The smallest absolute Gasteiger partial charge is 0.124 e. The fourth-order valence-corrected chi connectivity index (χ4v) is 4.03. The van der Waals surface area contributed by atoms with Crippen molar-refractivity contribution >= 4 is 33.5 Å². The van der Waals surface area contributed by atoms with Crippen LogP contribution < -0.4 is 0 Å². The van der Waals surface area contributed by atoms with Crippen LogP contribution in [0.2, 0.25) is 0 Å². The summed E-state index contributed by atoms with van der Waals surface area (Å²) in [6.45, 7) is 6.52. The molecule has 0 N–H and O–H groups in total. The number of nitrogens with zero attached hydrogens (tertiary/aromatic N) is 2. The second-order valence-electron chi connectivity index (χ2n) is 7.12. The van der Waals surface area contributed by atoms with E-state index in [1.54, 1.807) is 11.3 Å². The number of aromatic nitrogens is 1. The molecule has 4 aromatic rings. The van der Waals surface area contributed by atoms with E-state index in [0.717, 1.165) is 27.3 Å². The van der Waals surface area contributed by atoms with Crippen molar-refractivity contribution < 1.29 is 0 Å². The molecule has 0 atom stereocenters. The first kappa shape index (κ1) is 17.6. The molecule has 0 aliphatic heterocycles. The van der Waals surface area contributed by atoms with Crippen molar-refractivity contribution in [3.05, 3.63) is 83.4 Å². The first-order valence-electron chi connectivity index (χ1n) is 9.20. The molecule has 3 aromatic carbocycles. The minimum Gasteiger partial charge on any atom is -0.256 e.